The molecule has 0 bridgehead atoms. The molecule has 0 radical (unpaired) electrons. The molecule has 0 fully saturated rings. The molecule has 0 aromatic rings. The van der Waals surface area contributed by atoms with Crippen LogP contribution in [0.2, 0.25) is 0 Å². The van der Waals surface area contributed by atoms with Crippen molar-refractivity contribution >= 4 is 16.1 Å². The second-order valence-electron chi connectivity index (χ2n) is 2.82. The van der Waals surface area contributed by atoms with Gasteiger partial charge in [0.2, 0.25) is 0 Å². The monoisotopic (exact) mass is 222 g/mol. The van der Waals surface area contributed by atoms with E-state index in [2.05, 4.69) is 0 Å². The number of allylic oxidation sites excluding steroid dienone is 1. The van der Waals surface area contributed by atoms with Crippen molar-refractivity contribution in [1.82, 2.24) is 0 Å². The summed E-state index contributed by atoms with van der Waals surface area (Å²) in [5.41, 5.74) is 0.264. The summed E-state index contributed by atoms with van der Waals surface area (Å²) < 4.78 is 29.0. The summed E-state index contributed by atoms with van der Waals surface area (Å²) in [4.78, 5) is 10.5. The molecule has 0 aliphatic heterocycles. The van der Waals surface area contributed by atoms with E-state index in [1.807, 2.05) is 0 Å². The average Bonchev–Trinajstić information content (AvgIpc) is 2.01. The van der Waals surface area contributed by atoms with Crippen molar-refractivity contribution in [3.8, 4) is 0 Å². The lowest BCUT2D eigenvalue weighted by molar-refractivity contribution is -0.132. The van der Waals surface area contributed by atoms with Gasteiger partial charge in [0.1, 0.15) is 0 Å². The fourth-order valence-electron chi connectivity index (χ4n) is 0.925. The predicted octanol–water partition coefficient (Wildman–Crippen LogP) is 1.08. The number of carboxylic acid groups (broad SMARTS) is 1. The van der Waals surface area contributed by atoms with Gasteiger partial charge >= 0.3 is 5.97 Å². The highest BCUT2D eigenvalue weighted by atomic mass is 32.2. The standard InChI is InChI=1S/C8H14O5S/c1-2-7(8(9)10)5-3-4-6-14(11,12)13/h5H,2-4,6H2,1H3,(H,9,10)(H,11,12,13). The smallest absolute Gasteiger partial charge is 0.331 e. The van der Waals surface area contributed by atoms with Gasteiger partial charge in [-0.05, 0) is 19.3 Å². The van der Waals surface area contributed by atoms with E-state index in [1.165, 1.54) is 6.08 Å². The quantitative estimate of drug-likeness (QED) is 0.398. The number of hydrogen-bond donors (Lipinski definition) is 2. The van der Waals surface area contributed by atoms with Gasteiger partial charge in [-0.1, -0.05) is 13.0 Å². The minimum absolute atomic E-state index is 0.232. The maximum atomic E-state index is 10.5. The minimum atomic E-state index is -3.93. The first-order chi connectivity index (χ1) is 6.37. The van der Waals surface area contributed by atoms with Crippen molar-refractivity contribution in [2.45, 2.75) is 26.2 Å². The molecule has 0 aromatic heterocycles. The van der Waals surface area contributed by atoms with E-state index < -0.39 is 16.1 Å². The molecule has 14 heavy (non-hydrogen) atoms. The topological polar surface area (TPSA) is 91.7 Å². The summed E-state index contributed by atoms with van der Waals surface area (Å²) in [6.07, 6.45) is 2.46. The molecule has 0 unspecified atom stereocenters. The Morgan fingerprint density at radius 3 is 2.36 bits per heavy atom. The van der Waals surface area contributed by atoms with Gasteiger partial charge in [0.05, 0.1) is 5.75 Å². The molecule has 0 atom stereocenters. The lowest BCUT2D eigenvalue weighted by atomic mass is 10.1. The second-order valence-corrected chi connectivity index (χ2v) is 4.39. The molecule has 2 N–H and O–H groups in total. The average molecular weight is 222 g/mol. The zero-order valence-electron chi connectivity index (χ0n) is 7.93. The maximum absolute atomic E-state index is 10.5. The van der Waals surface area contributed by atoms with Crippen LogP contribution in [0.15, 0.2) is 11.6 Å². The Kier molecular flexibility index (Phi) is 5.40. The zero-order valence-corrected chi connectivity index (χ0v) is 8.75. The van der Waals surface area contributed by atoms with E-state index in [1.54, 1.807) is 6.92 Å². The van der Waals surface area contributed by atoms with Gasteiger partial charge < -0.3 is 5.11 Å². The number of aliphatic carboxylic acids is 1. The Morgan fingerprint density at radius 1 is 1.43 bits per heavy atom. The van der Waals surface area contributed by atoms with Gasteiger partial charge in [-0.25, -0.2) is 4.79 Å². The first-order valence-electron chi connectivity index (χ1n) is 4.24. The van der Waals surface area contributed by atoms with Crippen molar-refractivity contribution in [3.05, 3.63) is 11.6 Å². The number of hydrogen-bond acceptors (Lipinski definition) is 3. The lowest BCUT2D eigenvalue weighted by Crippen LogP contribution is -2.03. The molecule has 0 aromatic carbocycles. The van der Waals surface area contributed by atoms with Gasteiger partial charge in [0.25, 0.3) is 10.1 Å². The van der Waals surface area contributed by atoms with Crippen molar-refractivity contribution in [2.75, 3.05) is 5.75 Å². The van der Waals surface area contributed by atoms with Crippen LogP contribution < -0.4 is 0 Å². The maximum Gasteiger partial charge on any atom is 0.331 e. The normalized spacial score (nSPS) is 12.9. The van der Waals surface area contributed by atoms with E-state index in [0.717, 1.165) is 0 Å². The Labute approximate surface area is 83.2 Å². The summed E-state index contributed by atoms with van der Waals surface area (Å²) in [5, 5.41) is 8.60. The van der Waals surface area contributed by atoms with Crippen molar-refractivity contribution < 1.29 is 22.9 Å². The first-order valence-corrected chi connectivity index (χ1v) is 5.85. The molecule has 0 aliphatic carbocycles. The van der Waals surface area contributed by atoms with E-state index in [-0.39, 0.29) is 17.7 Å². The van der Waals surface area contributed by atoms with Gasteiger partial charge in [-0.2, -0.15) is 8.42 Å². The lowest BCUT2D eigenvalue weighted by Gasteiger charge is -1.97. The predicted molar refractivity (Wildman–Crippen MR) is 51.7 cm³/mol. The van der Waals surface area contributed by atoms with Crippen LogP contribution in [0.4, 0.5) is 0 Å². The highest BCUT2D eigenvalue weighted by Crippen LogP contribution is 2.04. The van der Waals surface area contributed by atoms with Gasteiger partial charge in [0.15, 0.2) is 0 Å². The third kappa shape index (κ3) is 6.62. The molecular weight excluding hydrogens is 208 g/mol. The molecule has 0 amide bonds. The molecule has 0 saturated heterocycles. The molecule has 5 nitrogen and oxygen atoms in total. The van der Waals surface area contributed by atoms with Gasteiger partial charge in [-0.3, -0.25) is 4.55 Å². The van der Waals surface area contributed by atoms with Crippen LogP contribution in [0, 0.1) is 0 Å². The number of carboxylic acids is 1. The van der Waals surface area contributed by atoms with Crippen molar-refractivity contribution in [3.63, 3.8) is 0 Å². The number of unbranched alkanes of at least 4 members (excludes halogenated alkanes) is 1. The Bertz CT molecular complexity index is 315. The summed E-state index contributed by atoms with van der Waals surface area (Å²) >= 11 is 0. The van der Waals surface area contributed by atoms with Crippen LogP contribution in [0.3, 0.4) is 0 Å². The highest BCUT2D eigenvalue weighted by molar-refractivity contribution is 7.85. The van der Waals surface area contributed by atoms with Crippen molar-refractivity contribution in [2.24, 2.45) is 0 Å². The molecule has 0 aliphatic rings. The molecule has 0 rings (SSSR count). The fourth-order valence-corrected chi connectivity index (χ4v) is 1.46. The minimum Gasteiger partial charge on any atom is -0.478 e. The summed E-state index contributed by atoms with van der Waals surface area (Å²) in [7, 11) is -3.93. The van der Waals surface area contributed by atoms with E-state index in [4.69, 9.17) is 9.66 Å². The van der Waals surface area contributed by atoms with Crippen LogP contribution in [-0.2, 0) is 14.9 Å². The Balaban J connectivity index is 3.98. The van der Waals surface area contributed by atoms with E-state index >= 15 is 0 Å². The Hall–Kier alpha value is -0.880. The first kappa shape index (κ1) is 13.1. The third-order valence-corrected chi connectivity index (χ3v) is 2.46. The SMILES string of the molecule is CCC(=CCCCS(=O)(=O)O)C(=O)O. The second kappa shape index (κ2) is 5.77. The van der Waals surface area contributed by atoms with Gasteiger partial charge in [-0.15, -0.1) is 0 Å². The van der Waals surface area contributed by atoms with Gasteiger partial charge in [0, 0.05) is 5.57 Å². The van der Waals surface area contributed by atoms with Crippen LogP contribution >= 0.6 is 0 Å². The molecule has 82 valence electrons. The van der Waals surface area contributed by atoms with Crippen LogP contribution in [0.5, 0.6) is 0 Å². The highest BCUT2D eigenvalue weighted by Gasteiger charge is 2.05. The summed E-state index contributed by atoms with van der Waals surface area (Å²) in [6.45, 7) is 1.71. The summed E-state index contributed by atoms with van der Waals surface area (Å²) in [6, 6.07) is 0. The van der Waals surface area contributed by atoms with E-state index in [9.17, 15) is 13.2 Å². The van der Waals surface area contributed by atoms with E-state index in [0.29, 0.717) is 12.8 Å². The Morgan fingerprint density at radius 2 is 2.00 bits per heavy atom. The molecule has 0 saturated carbocycles. The molecule has 0 heterocycles. The fraction of sp³-hybridized carbons (Fsp3) is 0.625. The number of rotatable bonds is 6. The van der Waals surface area contributed by atoms with Crippen LogP contribution in [-0.4, -0.2) is 29.8 Å². The molecule has 6 heteroatoms. The molecular formula is C8H14O5S. The summed E-state index contributed by atoms with van der Waals surface area (Å²) in [5.74, 6) is -1.32. The zero-order chi connectivity index (χ0) is 11.2. The number of carbonyl (C=O) groups is 1. The van der Waals surface area contributed by atoms with Crippen LogP contribution in [0.25, 0.3) is 0 Å². The van der Waals surface area contributed by atoms with Crippen LogP contribution in [0.1, 0.15) is 26.2 Å². The third-order valence-electron chi connectivity index (χ3n) is 1.65. The largest absolute Gasteiger partial charge is 0.478 e. The van der Waals surface area contributed by atoms with Crippen molar-refractivity contribution in [1.29, 1.82) is 0 Å². The molecule has 0 spiro atoms.